The molecule has 436 valence electrons. The van der Waals surface area contributed by atoms with Crippen molar-refractivity contribution in [2.45, 2.75) is 119 Å². The number of imide groups is 2. The molecule has 0 radical (unpaired) electrons. The van der Waals surface area contributed by atoms with Crippen molar-refractivity contribution in [2.75, 3.05) is 31.2 Å². The summed E-state index contributed by atoms with van der Waals surface area (Å²) in [5, 5.41) is 0. The van der Waals surface area contributed by atoms with Gasteiger partial charge in [0.05, 0.1) is 24.5 Å². The zero-order valence-electron chi connectivity index (χ0n) is 47.1. The van der Waals surface area contributed by atoms with Crippen LogP contribution in [0.25, 0.3) is 11.3 Å². The summed E-state index contributed by atoms with van der Waals surface area (Å²) in [5.41, 5.74) is 8.11. The lowest BCUT2D eigenvalue weighted by atomic mass is 9.83. The van der Waals surface area contributed by atoms with Gasteiger partial charge in [0.25, 0.3) is 11.8 Å². The summed E-state index contributed by atoms with van der Waals surface area (Å²) >= 11 is 3.39. The Balaban J connectivity index is 0.000000202. The number of hydrogen-bond acceptors (Lipinski definition) is 13. The van der Waals surface area contributed by atoms with E-state index < -0.39 is 59.5 Å². The van der Waals surface area contributed by atoms with Crippen LogP contribution in [0.3, 0.4) is 0 Å². The second-order valence-corrected chi connectivity index (χ2v) is 22.0. The molecule has 3 saturated heterocycles. The van der Waals surface area contributed by atoms with Gasteiger partial charge in [0.15, 0.2) is 0 Å². The first-order valence-electron chi connectivity index (χ1n) is 27.1. The average molecular weight is 1190 g/mol. The van der Waals surface area contributed by atoms with Gasteiger partial charge in [-0.25, -0.2) is 19.4 Å². The average Bonchev–Trinajstić information content (AvgIpc) is 2.38. The quantitative estimate of drug-likeness (QED) is 0.100. The van der Waals surface area contributed by atoms with Crippen molar-refractivity contribution < 1.29 is 47.4 Å². The van der Waals surface area contributed by atoms with Crippen LogP contribution in [0.2, 0.25) is 0 Å². The van der Waals surface area contributed by atoms with Gasteiger partial charge >= 0.3 is 19.3 Å². The minimum atomic E-state index is -0.840. The number of aryl methyl sites for hydroxylation is 2. The Labute approximate surface area is 498 Å². The second kappa shape index (κ2) is 29.6. The van der Waals surface area contributed by atoms with Crippen molar-refractivity contribution in [3.05, 3.63) is 214 Å². The van der Waals surface area contributed by atoms with E-state index in [1.54, 1.807) is 13.8 Å². The monoisotopic (exact) mass is 1190 g/mol. The summed E-state index contributed by atoms with van der Waals surface area (Å²) in [5.74, 6) is -0.823. The lowest BCUT2D eigenvalue weighted by Gasteiger charge is -2.29. The maximum atomic E-state index is 13.2. The summed E-state index contributed by atoms with van der Waals surface area (Å²) in [6, 6.07) is 51.8. The zero-order chi connectivity index (χ0) is 57.7. The summed E-state index contributed by atoms with van der Waals surface area (Å²) in [7, 11) is -0.358. The van der Waals surface area contributed by atoms with Gasteiger partial charge in [-0.05, 0) is 125 Å². The highest BCUT2D eigenvalue weighted by Crippen LogP contribution is 2.43. The number of cyclic esters (lactones) is 2. The van der Waals surface area contributed by atoms with Gasteiger partial charge in [0.2, 0.25) is 0 Å². The van der Waals surface area contributed by atoms with Crippen LogP contribution in [0, 0.1) is 13.8 Å². The number of para-hydroxylation sites is 1. The van der Waals surface area contributed by atoms with Crippen LogP contribution >= 0.6 is 15.9 Å². The molecular weight excluding hydrogens is 1110 g/mol. The predicted molar refractivity (Wildman–Crippen MR) is 329 cm³/mol. The van der Waals surface area contributed by atoms with Crippen LogP contribution in [0.4, 0.5) is 15.3 Å². The Morgan fingerprint density at radius 2 is 1.01 bits per heavy atom. The van der Waals surface area contributed by atoms with Gasteiger partial charge in [-0.3, -0.25) is 19.6 Å². The Morgan fingerprint density at radius 1 is 0.590 bits per heavy atom. The minimum absolute atomic E-state index is 0. The molecule has 3 aliphatic rings. The lowest BCUT2D eigenvalue weighted by Crippen LogP contribution is -2.45. The Morgan fingerprint density at radius 3 is 1.43 bits per heavy atom. The molecule has 10 rings (SSSR count). The Kier molecular flexibility index (Phi) is 23.1. The van der Waals surface area contributed by atoms with Crippen LogP contribution in [-0.2, 0) is 51.1 Å². The molecule has 2 aromatic heterocycles. The molecule has 0 saturated carbocycles. The molecule has 17 heteroatoms. The maximum absolute atomic E-state index is 13.2. The molecule has 15 nitrogen and oxygen atoms in total. The lowest BCUT2D eigenvalue weighted by molar-refractivity contribution is -0.142. The first-order valence-corrected chi connectivity index (χ1v) is 27.8. The van der Waals surface area contributed by atoms with Gasteiger partial charge in [0.1, 0.15) is 35.5 Å². The standard InChI is InChI=1S/C27H28N2O4.C21H22BrNO4.C16H19BN2O2.2CH4/c1-18-10-15-23(28-16-18)21-13-11-20(12-14-21)17-32-19(2)25(30)29-24(22-8-6-5-7-9-22)27(3,4)33-26(29)31;1-14(26-13-15-9-11-17(22)12-10-15)19(24)23-18(16-7-5-4-6-8-16)21(2,3)27-20(23)25;1-14-7-8-16(18-13-14)17-20-11-9-19(10-12-21-17)15-5-3-2-4-6-15;;/h5-16,19,24H,17H2,1-4H3;4-12,14,18H,13H2,1-3H3;2-8,13H,9-12H2,1H3;2*1H4/t19?,24-;14?,18-;;;/m00.../s1. The fourth-order valence-electron chi connectivity index (χ4n) is 9.65. The van der Waals surface area contributed by atoms with E-state index >= 15 is 0 Å². The number of hydrogen-bond donors (Lipinski definition) is 0. The van der Waals surface area contributed by atoms with Gasteiger partial charge in [-0.15, -0.1) is 0 Å². The molecule has 4 amide bonds. The van der Waals surface area contributed by atoms with E-state index in [1.807, 2.05) is 193 Å². The number of aromatic nitrogens is 2. The van der Waals surface area contributed by atoms with E-state index in [1.165, 1.54) is 15.5 Å². The number of pyridine rings is 2. The number of benzene rings is 5. The van der Waals surface area contributed by atoms with E-state index in [0.29, 0.717) is 13.2 Å². The SMILES string of the molecule is C.C.CC(OCc1ccc(Br)cc1)C(=O)N1C(=O)OC(C)(C)[C@@H]1c1ccccc1.Cc1ccc(-c2ccc(COC(C)C(=O)N3C(=O)OC(C)(C)[C@@H]3c3ccccc3)cc2)nc1.Cc1ccc(B2OCCN(c3ccccc3)CCO2)nc1. The van der Waals surface area contributed by atoms with Crippen molar-refractivity contribution >= 4 is 58.3 Å². The number of carbonyl (C=O) groups excluding carboxylic acids is 4. The molecule has 5 heterocycles. The first-order chi connectivity index (χ1) is 38.9. The first kappa shape index (κ1) is 64.6. The number of halogens is 1. The minimum Gasteiger partial charge on any atom is -0.440 e. The number of carbonyl (C=O) groups is 4. The summed E-state index contributed by atoms with van der Waals surface area (Å²) < 4.78 is 35.2. The van der Waals surface area contributed by atoms with E-state index in [9.17, 15) is 19.2 Å². The van der Waals surface area contributed by atoms with Crippen LogP contribution < -0.4 is 10.5 Å². The highest BCUT2D eigenvalue weighted by Gasteiger charge is 2.53. The van der Waals surface area contributed by atoms with E-state index in [0.717, 1.165) is 67.8 Å². The summed E-state index contributed by atoms with van der Waals surface area (Å²) in [4.78, 5) is 64.7. The Bertz CT molecular complexity index is 3170. The molecule has 0 bridgehead atoms. The number of anilines is 1. The molecule has 0 N–H and O–H groups in total. The van der Waals surface area contributed by atoms with Crippen molar-refractivity contribution in [3.63, 3.8) is 0 Å². The molecule has 83 heavy (non-hydrogen) atoms. The third kappa shape index (κ3) is 16.8. The third-order valence-electron chi connectivity index (χ3n) is 14.0. The smallest absolute Gasteiger partial charge is 0.440 e. The van der Waals surface area contributed by atoms with Crippen LogP contribution in [-0.4, -0.2) is 101 Å². The molecule has 7 aromatic rings. The molecule has 3 aliphatic heterocycles. The summed E-state index contributed by atoms with van der Waals surface area (Å²) in [6.07, 6.45) is 0.809. The Hall–Kier alpha value is -7.54. The van der Waals surface area contributed by atoms with Crippen LogP contribution in [0.1, 0.15) is 102 Å². The van der Waals surface area contributed by atoms with E-state index in [-0.39, 0.29) is 35.2 Å². The maximum Gasteiger partial charge on any atom is 0.513 e. The third-order valence-corrected chi connectivity index (χ3v) is 14.5. The molecule has 0 spiro atoms. The highest BCUT2D eigenvalue weighted by molar-refractivity contribution is 9.10. The van der Waals surface area contributed by atoms with Gasteiger partial charge in [-0.2, -0.15) is 0 Å². The fraction of sp³-hybridized carbons (Fsp3) is 0.333. The fourth-order valence-corrected chi connectivity index (χ4v) is 9.92. The van der Waals surface area contributed by atoms with E-state index in [2.05, 4.69) is 55.1 Å². The highest BCUT2D eigenvalue weighted by atomic mass is 79.9. The number of rotatable bonds is 13. The van der Waals surface area contributed by atoms with Gasteiger partial charge in [-0.1, -0.05) is 158 Å². The van der Waals surface area contributed by atoms with Gasteiger partial charge < -0.3 is 33.2 Å². The number of nitrogens with zero attached hydrogens (tertiary/aromatic N) is 5. The molecule has 4 atom stereocenters. The van der Waals surface area contributed by atoms with E-state index in [4.69, 9.17) is 28.3 Å². The molecule has 0 aliphatic carbocycles. The largest absolute Gasteiger partial charge is 0.513 e. The topological polar surface area (TPSA) is 159 Å². The number of amides is 4. The molecule has 3 fully saturated rings. The predicted octanol–water partition coefficient (Wildman–Crippen LogP) is 13.2. The van der Waals surface area contributed by atoms with Crippen LogP contribution in [0.15, 0.2) is 181 Å². The number of ether oxygens (including phenoxy) is 4. The second-order valence-electron chi connectivity index (χ2n) is 21.1. The van der Waals surface area contributed by atoms with Crippen LogP contribution in [0.5, 0.6) is 0 Å². The van der Waals surface area contributed by atoms with Crippen molar-refractivity contribution in [1.29, 1.82) is 0 Å². The van der Waals surface area contributed by atoms with Crippen molar-refractivity contribution in [2.24, 2.45) is 0 Å². The molecular formula is C66H77BBrN5O10. The van der Waals surface area contributed by atoms with Crippen molar-refractivity contribution in [3.8, 4) is 11.3 Å². The normalized spacial score (nSPS) is 17.7. The molecule has 2 unspecified atom stereocenters. The van der Waals surface area contributed by atoms with Crippen molar-refractivity contribution in [1.82, 2.24) is 19.8 Å². The molecule has 5 aromatic carbocycles. The zero-order valence-corrected chi connectivity index (χ0v) is 48.7. The van der Waals surface area contributed by atoms with Gasteiger partial charge in [0, 0.05) is 54.4 Å². The summed E-state index contributed by atoms with van der Waals surface area (Å²) in [6.45, 7) is 18.1.